The molecule has 2 aromatic carbocycles. The molecule has 1 aliphatic heterocycles. The molecule has 40 heavy (non-hydrogen) atoms. The average molecular weight is 595 g/mol. The molecule has 2 atom stereocenters. The second-order valence-corrected chi connectivity index (χ2v) is 13.4. The van der Waals surface area contributed by atoms with Crippen LogP contribution in [-0.2, 0) is 6.42 Å². The summed E-state index contributed by atoms with van der Waals surface area (Å²) in [5, 5.41) is 21.3. The van der Waals surface area contributed by atoms with Crippen molar-refractivity contribution in [1.29, 1.82) is 0 Å². The van der Waals surface area contributed by atoms with Gasteiger partial charge in [0.05, 0.1) is 23.6 Å². The molecule has 4 rings (SSSR count). The normalized spacial score (nSPS) is 20.0. The van der Waals surface area contributed by atoms with Crippen molar-refractivity contribution < 1.29 is 19.0 Å². The van der Waals surface area contributed by atoms with E-state index in [1.807, 2.05) is 43.3 Å². The smallest absolute Gasteiger partial charge is 0.251 e. The fourth-order valence-corrected chi connectivity index (χ4v) is 7.34. The first-order chi connectivity index (χ1) is 18.6. The van der Waals surface area contributed by atoms with Crippen LogP contribution in [0.25, 0.3) is 0 Å². The minimum Gasteiger partial charge on any atom is -0.390 e. The van der Waals surface area contributed by atoms with E-state index in [1.165, 1.54) is 6.42 Å². The van der Waals surface area contributed by atoms with Crippen molar-refractivity contribution in [2.24, 2.45) is 5.92 Å². The van der Waals surface area contributed by atoms with Crippen LogP contribution < -0.4 is 20.3 Å². The van der Waals surface area contributed by atoms with Crippen LogP contribution in [0.1, 0.15) is 68.8 Å². The second kappa shape index (κ2) is 14.2. The van der Waals surface area contributed by atoms with Crippen LogP contribution in [0.2, 0.25) is 0 Å². The van der Waals surface area contributed by atoms with Crippen molar-refractivity contribution in [1.82, 2.24) is 10.6 Å². The number of hydrogen-bond donors (Lipinski definition) is 6. The number of β-amino-alcohol motifs (C(OH)–C–C–N with tert-alkyl or cyclic N) is 1. The molecular weight excluding hydrogens is 548 g/mol. The Morgan fingerprint density at radius 1 is 1.07 bits per heavy atom. The number of halogens is 1. The highest BCUT2D eigenvalue weighted by Gasteiger charge is 2.40. The van der Waals surface area contributed by atoms with Crippen LogP contribution in [0, 0.1) is 5.92 Å². The molecule has 1 aliphatic carbocycles. The lowest BCUT2D eigenvalue weighted by Gasteiger charge is -2.47. The summed E-state index contributed by atoms with van der Waals surface area (Å²) >= 11 is 0. The summed E-state index contributed by atoms with van der Waals surface area (Å²) in [6.45, 7) is 8.00. The number of benzene rings is 2. The highest BCUT2D eigenvalue weighted by Crippen LogP contribution is 2.50. The lowest BCUT2D eigenvalue weighted by atomic mass is 9.69. The van der Waals surface area contributed by atoms with Crippen molar-refractivity contribution in [2.75, 3.05) is 35.0 Å². The number of aliphatic hydroxyl groups excluding tert-OH is 1. The molecule has 8 nitrogen and oxygen atoms in total. The first kappa shape index (κ1) is 32.5. The van der Waals surface area contributed by atoms with Gasteiger partial charge >= 0.3 is 0 Å². The number of rotatable bonds is 12. The SMILES string of the molecule is CCNc1cc(C(=O)N[C@@H](Cc2ccccc2)[C@H](O)CNC2(C(C)C)CCC2)cc(N2CCCCS2(O)O)c1.Cl. The zero-order valence-corrected chi connectivity index (χ0v) is 25.6. The van der Waals surface area contributed by atoms with Gasteiger partial charge < -0.3 is 21.1 Å². The van der Waals surface area contributed by atoms with Crippen LogP contribution in [0.3, 0.4) is 0 Å². The standard InChI is InChI=1S/C30H46N4O4S.ClH/c1-4-31-25-18-24(19-26(20-25)34-15-8-9-16-39(34,37)38)29(36)33-27(17-23-11-6-5-7-12-23)28(35)21-32-30(22(2)3)13-10-14-30;/h5-7,11-12,18-20,22,27-28,31-32,35,37-38H,4,8-10,13-17,21H2,1-3H3,(H,33,36);1H/t27-,28+;/m0./s1. The summed E-state index contributed by atoms with van der Waals surface area (Å²) < 4.78 is 23.1. The summed E-state index contributed by atoms with van der Waals surface area (Å²) in [5.74, 6) is 0.498. The first-order valence-electron chi connectivity index (χ1n) is 14.3. The molecule has 0 bridgehead atoms. The van der Waals surface area contributed by atoms with E-state index in [0.29, 0.717) is 49.0 Å². The van der Waals surface area contributed by atoms with E-state index in [-0.39, 0.29) is 23.9 Å². The molecule has 224 valence electrons. The summed E-state index contributed by atoms with van der Waals surface area (Å²) in [6, 6.07) is 14.8. The zero-order chi connectivity index (χ0) is 28.0. The van der Waals surface area contributed by atoms with Gasteiger partial charge in [-0.2, -0.15) is 0 Å². The molecule has 2 aromatic rings. The molecule has 1 saturated heterocycles. The van der Waals surface area contributed by atoms with Gasteiger partial charge in [-0.25, -0.2) is 0 Å². The second-order valence-electron chi connectivity index (χ2n) is 11.3. The molecule has 0 unspecified atom stereocenters. The third-order valence-electron chi connectivity index (χ3n) is 8.32. The Balaban J connectivity index is 0.00000441. The number of nitrogens with zero attached hydrogens (tertiary/aromatic N) is 1. The number of anilines is 2. The Morgan fingerprint density at radius 2 is 1.80 bits per heavy atom. The largest absolute Gasteiger partial charge is 0.390 e. The lowest BCUT2D eigenvalue weighted by Crippen LogP contribution is -2.59. The van der Waals surface area contributed by atoms with Crippen molar-refractivity contribution in [3.63, 3.8) is 0 Å². The van der Waals surface area contributed by atoms with Gasteiger partial charge in [-0.15, -0.1) is 23.2 Å². The van der Waals surface area contributed by atoms with E-state index in [0.717, 1.165) is 36.9 Å². The van der Waals surface area contributed by atoms with Crippen LogP contribution in [0.15, 0.2) is 48.5 Å². The highest BCUT2D eigenvalue weighted by molar-refractivity contribution is 8.25. The van der Waals surface area contributed by atoms with Crippen molar-refractivity contribution in [2.45, 2.75) is 77.0 Å². The van der Waals surface area contributed by atoms with Crippen molar-refractivity contribution >= 4 is 40.5 Å². The van der Waals surface area contributed by atoms with E-state index >= 15 is 0 Å². The van der Waals surface area contributed by atoms with Crippen LogP contribution in [-0.4, -0.2) is 63.2 Å². The monoisotopic (exact) mass is 594 g/mol. The molecule has 1 saturated carbocycles. The zero-order valence-electron chi connectivity index (χ0n) is 23.9. The predicted octanol–water partition coefficient (Wildman–Crippen LogP) is 5.68. The van der Waals surface area contributed by atoms with Gasteiger partial charge in [-0.3, -0.25) is 18.2 Å². The number of nitrogens with one attached hydrogen (secondary N) is 3. The molecule has 1 amide bonds. The van der Waals surface area contributed by atoms with Crippen molar-refractivity contribution in [3.8, 4) is 0 Å². The van der Waals surface area contributed by atoms with Crippen LogP contribution in [0.5, 0.6) is 0 Å². The minimum atomic E-state index is -2.93. The predicted molar refractivity (Wildman–Crippen MR) is 169 cm³/mol. The van der Waals surface area contributed by atoms with Gasteiger partial charge in [0.2, 0.25) is 0 Å². The Bertz CT molecular complexity index is 1100. The Kier molecular flexibility index (Phi) is 11.6. The minimum absolute atomic E-state index is 0. The van der Waals surface area contributed by atoms with Gasteiger partial charge in [0.1, 0.15) is 0 Å². The van der Waals surface area contributed by atoms with E-state index in [2.05, 4.69) is 29.8 Å². The lowest BCUT2D eigenvalue weighted by molar-refractivity contribution is 0.0654. The topological polar surface area (TPSA) is 117 Å². The Morgan fingerprint density at radius 3 is 2.40 bits per heavy atom. The van der Waals surface area contributed by atoms with Gasteiger partial charge in [0, 0.05) is 36.4 Å². The van der Waals surface area contributed by atoms with E-state index in [1.54, 1.807) is 16.4 Å². The molecule has 0 aromatic heterocycles. The number of hydrogen-bond acceptors (Lipinski definition) is 7. The number of amides is 1. The maximum absolute atomic E-state index is 13.7. The number of aliphatic hydroxyl groups is 1. The molecule has 0 radical (unpaired) electrons. The molecule has 2 fully saturated rings. The molecule has 0 spiro atoms. The average Bonchev–Trinajstić information content (AvgIpc) is 2.87. The van der Waals surface area contributed by atoms with E-state index in [4.69, 9.17) is 0 Å². The van der Waals surface area contributed by atoms with Crippen LogP contribution >= 0.6 is 23.2 Å². The van der Waals surface area contributed by atoms with Crippen molar-refractivity contribution in [3.05, 3.63) is 59.7 Å². The maximum Gasteiger partial charge on any atom is 0.251 e. The van der Waals surface area contributed by atoms with Gasteiger partial charge in [0.25, 0.3) is 5.91 Å². The third kappa shape index (κ3) is 7.84. The van der Waals surface area contributed by atoms with Crippen LogP contribution in [0.4, 0.5) is 11.4 Å². The molecule has 1 heterocycles. The number of carbonyl (C=O) groups is 1. The molecule has 10 heteroatoms. The third-order valence-corrected chi connectivity index (χ3v) is 10.3. The summed E-state index contributed by atoms with van der Waals surface area (Å²) in [6.07, 6.45) is 4.74. The van der Waals surface area contributed by atoms with Gasteiger partial charge in [0.15, 0.2) is 0 Å². The fraction of sp³-hybridized carbons (Fsp3) is 0.567. The van der Waals surface area contributed by atoms with E-state index in [9.17, 15) is 19.0 Å². The Hall–Kier alpha value is -2.01. The summed E-state index contributed by atoms with van der Waals surface area (Å²) in [5.41, 5.74) is 2.86. The first-order valence-corrected chi connectivity index (χ1v) is 16.0. The Labute approximate surface area is 247 Å². The quantitative estimate of drug-likeness (QED) is 0.187. The molecular formula is C30H47ClN4O4S. The number of carbonyl (C=O) groups excluding carboxylic acids is 1. The maximum atomic E-state index is 13.7. The highest BCUT2D eigenvalue weighted by atomic mass is 35.5. The molecule has 2 aliphatic rings. The summed E-state index contributed by atoms with van der Waals surface area (Å²) in [4.78, 5) is 13.7. The van der Waals surface area contributed by atoms with Gasteiger partial charge in [-0.1, -0.05) is 44.2 Å². The summed E-state index contributed by atoms with van der Waals surface area (Å²) in [7, 11) is -2.93. The molecule has 6 N–H and O–H groups in total. The fourth-order valence-electron chi connectivity index (χ4n) is 5.67. The van der Waals surface area contributed by atoms with Gasteiger partial charge in [-0.05, 0) is 75.1 Å². The van der Waals surface area contributed by atoms with E-state index < -0.39 is 22.9 Å².